The van der Waals surface area contributed by atoms with E-state index in [4.69, 9.17) is 0 Å². The molecule has 1 aromatic rings. The molecule has 1 aliphatic rings. The lowest BCUT2D eigenvalue weighted by Crippen LogP contribution is -2.48. The number of sulfone groups is 1. The van der Waals surface area contributed by atoms with E-state index in [2.05, 4.69) is 28.2 Å². The molecule has 1 fully saturated rings. The van der Waals surface area contributed by atoms with Crippen molar-refractivity contribution >= 4 is 25.8 Å². The number of hydrogen-bond donors (Lipinski definition) is 1. The Balaban J connectivity index is 2.36. The Bertz CT molecular complexity index is 573. The van der Waals surface area contributed by atoms with Crippen LogP contribution < -0.4 is 5.32 Å². The molecule has 0 bridgehead atoms. The van der Waals surface area contributed by atoms with Gasteiger partial charge >= 0.3 is 0 Å². The molecular weight excluding hydrogens is 350 g/mol. The fourth-order valence-electron chi connectivity index (χ4n) is 3.26. The summed E-state index contributed by atoms with van der Waals surface area (Å²) in [7, 11) is -3.32. The van der Waals surface area contributed by atoms with Gasteiger partial charge in [0, 0.05) is 10.5 Å². The molecule has 3 atom stereocenters. The predicted molar refractivity (Wildman–Crippen MR) is 90.2 cm³/mol. The minimum atomic E-state index is -3.32. The van der Waals surface area contributed by atoms with Gasteiger partial charge in [-0.3, -0.25) is 0 Å². The molecule has 1 aromatic carbocycles. The van der Waals surface area contributed by atoms with Crippen molar-refractivity contribution in [1.82, 2.24) is 5.32 Å². The lowest BCUT2D eigenvalue weighted by molar-refractivity contribution is 0.290. The highest BCUT2D eigenvalue weighted by atomic mass is 79.9. The third kappa shape index (κ3) is 3.69. The van der Waals surface area contributed by atoms with Crippen LogP contribution >= 0.6 is 15.9 Å². The minimum absolute atomic E-state index is 0.0647. The third-order valence-corrected chi connectivity index (χ3v) is 7.73. The number of benzene rings is 1. The second kappa shape index (κ2) is 7.25. The van der Waals surface area contributed by atoms with Crippen molar-refractivity contribution < 1.29 is 8.42 Å². The molecule has 0 heterocycles. The summed E-state index contributed by atoms with van der Waals surface area (Å²) in [6.45, 7) is 5.00. The van der Waals surface area contributed by atoms with E-state index in [9.17, 15) is 8.42 Å². The summed E-state index contributed by atoms with van der Waals surface area (Å²) in [5.74, 6) is 0.516. The zero-order valence-corrected chi connectivity index (χ0v) is 15.1. The molecule has 3 nitrogen and oxygen atoms in total. The molecule has 5 heteroatoms. The monoisotopic (exact) mass is 373 g/mol. The smallest absolute Gasteiger partial charge is 0.183 e. The van der Waals surface area contributed by atoms with Crippen LogP contribution in [0.3, 0.4) is 0 Å². The summed E-state index contributed by atoms with van der Waals surface area (Å²) in [6.07, 6.45) is 3.88. The van der Waals surface area contributed by atoms with E-state index < -0.39 is 9.84 Å². The fourth-order valence-corrected chi connectivity index (χ4v) is 6.35. The zero-order valence-electron chi connectivity index (χ0n) is 12.7. The van der Waals surface area contributed by atoms with Gasteiger partial charge < -0.3 is 5.32 Å². The fraction of sp³-hybridized carbons (Fsp3) is 0.625. The van der Waals surface area contributed by atoms with Gasteiger partial charge in [-0.05, 0) is 59.8 Å². The van der Waals surface area contributed by atoms with Crippen LogP contribution in [-0.4, -0.2) is 26.3 Å². The molecule has 2 rings (SSSR count). The van der Waals surface area contributed by atoms with E-state index in [1.165, 1.54) is 0 Å². The van der Waals surface area contributed by atoms with Gasteiger partial charge in [0.1, 0.15) is 0 Å². The normalized spacial score (nSPS) is 26.7. The first-order chi connectivity index (χ1) is 10.0. The zero-order chi connectivity index (χ0) is 15.5. The summed E-state index contributed by atoms with van der Waals surface area (Å²) in [6, 6.07) is 7.21. The minimum Gasteiger partial charge on any atom is -0.313 e. The second-order valence-corrected chi connectivity index (χ2v) is 8.76. The molecule has 118 valence electrons. The van der Waals surface area contributed by atoms with Gasteiger partial charge in [0.25, 0.3) is 0 Å². The molecule has 0 spiro atoms. The first-order valence-corrected chi connectivity index (χ1v) is 10.1. The lowest BCUT2D eigenvalue weighted by Gasteiger charge is -2.36. The standard InChI is InChI=1S/C16H24BrNO2S/c1-3-12-9-10-14(18-4-2)16(11-12)21(19,20)15-8-6-5-7-13(15)17/h5-8,12,14,16,18H,3-4,9-11H2,1-2H3. The van der Waals surface area contributed by atoms with E-state index in [-0.39, 0.29) is 11.3 Å². The Labute approximate surface area is 136 Å². The Hall–Kier alpha value is -0.390. The maximum absolute atomic E-state index is 13.1. The van der Waals surface area contributed by atoms with Gasteiger partial charge in [0.2, 0.25) is 0 Å². The molecule has 0 saturated heterocycles. The van der Waals surface area contributed by atoms with Crippen molar-refractivity contribution in [3.63, 3.8) is 0 Å². The molecule has 0 radical (unpaired) electrons. The van der Waals surface area contributed by atoms with Crippen LogP contribution in [0.5, 0.6) is 0 Å². The average Bonchev–Trinajstić information content (AvgIpc) is 2.48. The highest BCUT2D eigenvalue weighted by Crippen LogP contribution is 2.35. The quantitative estimate of drug-likeness (QED) is 0.853. The Morgan fingerprint density at radius 3 is 2.57 bits per heavy atom. The summed E-state index contributed by atoms with van der Waals surface area (Å²) >= 11 is 3.39. The van der Waals surface area contributed by atoms with Gasteiger partial charge in [-0.2, -0.15) is 0 Å². The number of hydrogen-bond acceptors (Lipinski definition) is 3. The van der Waals surface area contributed by atoms with Crippen molar-refractivity contribution in [1.29, 1.82) is 0 Å². The van der Waals surface area contributed by atoms with Gasteiger partial charge in [-0.25, -0.2) is 8.42 Å². The average molecular weight is 374 g/mol. The van der Waals surface area contributed by atoms with Gasteiger partial charge in [-0.15, -0.1) is 0 Å². The lowest BCUT2D eigenvalue weighted by atomic mass is 9.84. The highest BCUT2D eigenvalue weighted by molar-refractivity contribution is 9.10. The number of rotatable bonds is 5. The maximum Gasteiger partial charge on any atom is 0.183 e. The predicted octanol–water partition coefficient (Wildman–Crippen LogP) is 3.78. The van der Waals surface area contributed by atoms with E-state index in [0.717, 1.165) is 32.2 Å². The summed E-state index contributed by atoms with van der Waals surface area (Å²) in [5.41, 5.74) is 0. The van der Waals surface area contributed by atoms with Crippen LogP contribution in [0.4, 0.5) is 0 Å². The molecule has 1 saturated carbocycles. The largest absolute Gasteiger partial charge is 0.313 e. The van der Waals surface area contributed by atoms with E-state index in [0.29, 0.717) is 15.3 Å². The molecule has 0 aromatic heterocycles. The van der Waals surface area contributed by atoms with Crippen LogP contribution in [-0.2, 0) is 9.84 Å². The van der Waals surface area contributed by atoms with E-state index in [1.807, 2.05) is 13.0 Å². The van der Waals surface area contributed by atoms with Gasteiger partial charge in [-0.1, -0.05) is 32.4 Å². The van der Waals surface area contributed by atoms with E-state index in [1.54, 1.807) is 18.2 Å². The molecule has 0 aliphatic heterocycles. The third-order valence-electron chi connectivity index (χ3n) is 4.49. The van der Waals surface area contributed by atoms with Crippen molar-refractivity contribution in [2.45, 2.75) is 55.7 Å². The Morgan fingerprint density at radius 2 is 1.95 bits per heavy atom. The molecule has 3 unspecified atom stereocenters. The van der Waals surface area contributed by atoms with Crippen molar-refractivity contribution in [2.75, 3.05) is 6.54 Å². The van der Waals surface area contributed by atoms with Crippen LogP contribution in [0.1, 0.15) is 39.5 Å². The van der Waals surface area contributed by atoms with Gasteiger partial charge in [0.05, 0.1) is 10.1 Å². The summed E-state index contributed by atoms with van der Waals surface area (Å²) in [5, 5.41) is 3.06. The second-order valence-electron chi connectivity index (χ2n) is 5.77. The van der Waals surface area contributed by atoms with E-state index >= 15 is 0 Å². The molecule has 1 aliphatic carbocycles. The molecular formula is C16H24BrNO2S. The first kappa shape index (κ1) is 17.0. The van der Waals surface area contributed by atoms with Crippen LogP contribution in [0.2, 0.25) is 0 Å². The number of nitrogens with one attached hydrogen (secondary N) is 1. The number of halogens is 1. The molecule has 21 heavy (non-hydrogen) atoms. The first-order valence-electron chi connectivity index (χ1n) is 7.72. The van der Waals surface area contributed by atoms with Crippen molar-refractivity contribution in [2.24, 2.45) is 5.92 Å². The highest BCUT2D eigenvalue weighted by Gasteiger charge is 2.39. The van der Waals surface area contributed by atoms with Crippen LogP contribution in [0.15, 0.2) is 33.6 Å². The van der Waals surface area contributed by atoms with Gasteiger partial charge in [0.15, 0.2) is 9.84 Å². The Kier molecular flexibility index (Phi) is 5.86. The maximum atomic E-state index is 13.1. The Morgan fingerprint density at radius 1 is 1.24 bits per heavy atom. The van der Waals surface area contributed by atoms with Crippen molar-refractivity contribution in [3.05, 3.63) is 28.7 Å². The SMILES string of the molecule is CCNC1CCC(CC)CC1S(=O)(=O)c1ccccc1Br. The van der Waals surface area contributed by atoms with Crippen LogP contribution in [0.25, 0.3) is 0 Å². The molecule has 0 amide bonds. The molecule has 1 N–H and O–H groups in total. The van der Waals surface area contributed by atoms with Crippen LogP contribution in [0, 0.1) is 5.92 Å². The van der Waals surface area contributed by atoms with Crippen molar-refractivity contribution in [3.8, 4) is 0 Å². The summed E-state index contributed by atoms with van der Waals surface area (Å²) in [4.78, 5) is 0.426. The summed E-state index contributed by atoms with van der Waals surface area (Å²) < 4.78 is 26.8. The topological polar surface area (TPSA) is 46.2 Å².